The Morgan fingerprint density at radius 1 is 0.514 bits per heavy atom. The highest BCUT2D eigenvalue weighted by atomic mass is 31.1. The second-order valence-electron chi connectivity index (χ2n) is 8.83. The quantitative estimate of drug-likeness (QED) is 0.335. The van der Waals surface area contributed by atoms with Gasteiger partial charge in [-0.05, 0) is 36.0 Å². The van der Waals surface area contributed by atoms with Crippen molar-refractivity contribution in [2.24, 2.45) is 0 Å². The number of hydrogen-bond acceptors (Lipinski definition) is 2. The van der Waals surface area contributed by atoms with E-state index in [1.54, 1.807) is 0 Å². The van der Waals surface area contributed by atoms with E-state index in [0.717, 1.165) is 33.4 Å². The summed E-state index contributed by atoms with van der Waals surface area (Å²) >= 11 is 0. The third-order valence-electron chi connectivity index (χ3n) is 6.87. The molecule has 3 heteroatoms. The van der Waals surface area contributed by atoms with Gasteiger partial charge in [0, 0.05) is 35.1 Å². The Hall–Kier alpha value is -3.71. The second kappa shape index (κ2) is 8.82. The molecule has 1 heterocycles. The largest absolute Gasteiger partial charge is 0.376 e. The zero-order chi connectivity index (χ0) is 23.8. The molecule has 0 aromatic heterocycles. The Labute approximate surface area is 207 Å². The normalized spacial score (nSPS) is 13.9. The van der Waals surface area contributed by atoms with Gasteiger partial charge in [-0.15, -0.1) is 0 Å². The van der Waals surface area contributed by atoms with Gasteiger partial charge in [-0.1, -0.05) is 121 Å². The van der Waals surface area contributed by atoms with E-state index >= 15 is 0 Å². The average Bonchev–Trinajstić information content (AvgIpc) is 2.93. The van der Waals surface area contributed by atoms with Gasteiger partial charge in [-0.3, -0.25) is 0 Å². The Morgan fingerprint density at radius 3 is 1.43 bits per heavy atom. The van der Waals surface area contributed by atoms with Crippen LogP contribution in [0.15, 0.2) is 133 Å². The number of nitrogens with zero attached hydrogens (tertiary/aromatic N) is 1. The first-order valence-corrected chi connectivity index (χ1v) is 13.2. The van der Waals surface area contributed by atoms with Crippen LogP contribution in [-0.4, -0.2) is 12.2 Å². The van der Waals surface area contributed by atoms with Crippen LogP contribution in [0.25, 0.3) is 0 Å². The summed E-state index contributed by atoms with van der Waals surface area (Å²) < 4.78 is 0. The van der Waals surface area contributed by atoms with Crippen LogP contribution in [0.2, 0.25) is 0 Å². The lowest BCUT2D eigenvalue weighted by Gasteiger charge is -2.42. The lowest BCUT2D eigenvalue weighted by Crippen LogP contribution is -2.40. The smallest absolute Gasteiger partial charge is 0.145 e. The molecule has 0 unspecified atom stereocenters. The first-order chi connectivity index (χ1) is 17.2. The minimum Gasteiger partial charge on any atom is -0.376 e. The SMILES string of the molecule is CN1c2ccccc2C(O)(c2ccccc2P(c2ccccc2)c2ccccc2)c2ccccc21. The van der Waals surface area contributed by atoms with Crippen LogP contribution in [0.5, 0.6) is 0 Å². The summed E-state index contributed by atoms with van der Waals surface area (Å²) in [6.45, 7) is 0. The van der Waals surface area contributed by atoms with Crippen molar-refractivity contribution < 1.29 is 5.11 Å². The monoisotopic (exact) mass is 471 g/mol. The van der Waals surface area contributed by atoms with Gasteiger partial charge in [0.1, 0.15) is 5.60 Å². The zero-order valence-electron chi connectivity index (χ0n) is 19.5. The van der Waals surface area contributed by atoms with E-state index in [1.165, 1.54) is 10.6 Å². The third kappa shape index (κ3) is 3.49. The van der Waals surface area contributed by atoms with Gasteiger partial charge in [0.15, 0.2) is 0 Å². The Balaban J connectivity index is 1.66. The maximum Gasteiger partial charge on any atom is 0.145 e. The minimum atomic E-state index is -1.28. The molecule has 35 heavy (non-hydrogen) atoms. The van der Waals surface area contributed by atoms with E-state index in [2.05, 4.69) is 115 Å². The van der Waals surface area contributed by atoms with Gasteiger partial charge in [-0.25, -0.2) is 0 Å². The van der Waals surface area contributed by atoms with E-state index in [9.17, 15) is 5.11 Å². The molecule has 1 aliphatic heterocycles. The highest BCUT2D eigenvalue weighted by molar-refractivity contribution is 7.79. The standard InChI is InChI=1S/C32H26NOP/c1-33-29-21-11-8-18-26(29)32(34,27-19-9-12-22-30(27)33)28-20-10-13-23-31(28)35(24-14-4-2-5-15-24)25-16-6-3-7-17-25/h2-23,34H,1H3. The number of hydrogen-bond donors (Lipinski definition) is 1. The van der Waals surface area contributed by atoms with Crippen molar-refractivity contribution in [3.05, 3.63) is 150 Å². The number of para-hydroxylation sites is 2. The minimum absolute atomic E-state index is 0.887. The fraction of sp³-hybridized carbons (Fsp3) is 0.0625. The van der Waals surface area contributed by atoms with E-state index in [4.69, 9.17) is 0 Å². The van der Waals surface area contributed by atoms with Crippen molar-refractivity contribution in [1.29, 1.82) is 0 Å². The molecule has 5 aromatic carbocycles. The molecule has 0 amide bonds. The predicted molar refractivity (Wildman–Crippen MR) is 148 cm³/mol. The molecule has 2 nitrogen and oxygen atoms in total. The van der Waals surface area contributed by atoms with Crippen LogP contribution in [-0.2, 0) is 5.60 Å². The molecule has 1 N–H and O–H groups in total. The molecule has 0 radical (unpaired) electrons. The molecule has 0 fully saturated rings. The molecule has 6 rings (SSSR count). The van der Waals surface area contributed by atoms with Crippen LogP contribution in [0.4, 0.5) is 11.4 Å². The topological polar surface area (TPSA) is 23.5 Å². The summed E-state index contributed by atoms with van der Waals surface area (Å²) in [7, 11) is 1.19. The Morgan fingerprint density at radius 2 is 0.914 bits per heavy atom. The van der Waals surface area contributed by atoms with Crippen molar-refractivity contribution in [2.45, 2.75) is 5.60 Å². The molecule has 0 saturated carbocycles. The lowest BCUT2D eigenvalue weighted by molar-refractivity contribution is 0.126. The van der Waals surface area contributed by atoms with Crippen molar-refractivity contribution in [3.63, 3.8) is 0 Å². The van der Waals surface area contributed by atoms with Gasteiger partial charge in [0.05, 0.1) is 0 Å². The fourth-order valence-electron chi connectivity index (χ4n) is 5.27. The highest BCUT2D eigenvalue weighted by Crippen LogP contribution is 2.51. The second-order valence-corrected chi connectivity index (χ2v) is 11.0. The summed E-state index contributed by atoms with van der Waals surface area (Å²) in [5.41, 5.74) is 3.52. The van der Waals surface area contributed by atoms with Gasteiger partial charge in [-0.2, -0.15) is 0 Å². The number of aliphatic hydroxyl groups is 1. The zero-order valence-corrected chi connectivity index (χ0v) is 20.4. The number of rotatable bonds is 4. The van der Waals surface area contributed by atoms with E-state index in [-0.39, 0.29) is 0 Å². The van der Waals surface area contributed by atoms with Crippen LogP contribution < -0.4 is 20.8 Å². The first kappa shape index (κ1) is 21.8. The first-order valence-electron chi connectivity index (χ1n) is 11.8. The van der Waals surface area contributed by atoms with E-state index in [1.807, 2.05) is 30.3 Å². The van der Waals surface area contributed by atoms with Gasteiger partial charge >= 0.3 is 0 Å². The summed E-state index contributed by atoms with van der Waals surface area (Å²) in [4.78, 5) is 2.18. The summed E-state index contributed by atoms with van der Waals surface area (Å²) in [5, 5.41) is 16.6. The molecule has 170 valence electrons. The molecule has 5 aromatic rings. The molecule has 1 aliphatic rings. The van der Waals surface area contributed by atoms with Gasteiger partial charge in [0.2, 0.25) is 0 Å². The lowest BCUT2D eigenvalue weighted by atomic mass is 9.76. The third-order valence-corrected chi connectivity index (χ3v) is 9.37. The van der Waals surface area contributed by atoms with Crippen molar-refractivity contribution in [2.75, 3.05) is 11.9 Å². The van der Waals surface area contributed by atoms with Crippen LogP contribution in [0.1, 0.15) is 16.7 Å². The highest BCUT2D eigenvalue weighted by Gasteiger charge is 2.44. The molecular weight excluding hydrogens is 445 g/mol. The Bertz CT molecular complexity index is 1400. The fourth-order valence-corrected chi connectivity index (χ4v) is 7.77. The summed E-state index contributed by atoms with van der Waals surface area (Å²) in [6, 6.07) is 46.2. The maximum atomic E-state index is 12.9. The number of anilines is 2. The van der Waals surface area contributed by atoms with Crippen LogP contribution >= 0.6 is 7.92 Å². The maximum absolute atomic E-state index is 12.9. The van der Waals surface area contributed by atoms with Crippen LogP contribution in [0.3, 0.4) is 0 Å². The number of benzene rings is 5. The van der Waals surface area contributed by atoms with Crippen LogP contribution in [0, 0.1) is 0 Å². The van der Waals surface area contributed by atoms with E-state index in [0.29, 0.717) is 0 Å². The van der Waals surface area contributed by atoms with Crippen molar-refractivity contribution >= 4 is 35.2 Å². The molecular formula is C32H26NOP. The average molecular weight is 472 g/mol. The summed E-state index contributed by atoms with van der Waals surface area (Å²) in [6.07, 6.45) is 0. The molecule has 0 spiro atoms. The molecule has 0 atom stereocenters. The van der Waals surface area contributed by atoms with Crippen molar-refractivity contribution in [1.82, 2.24) is 0 Å². The van der Waals surface area contributed by atoms with E-state index < -0.39 is 13.5 Å². The number of fused-ring (bicyclic) bond motifs is 2. The molecule has 0 aliphatic carbocycles. The Kier molecular flexibility index (Phi) is 5.49. The molecule has 0 bridgehead atoms. The van der Waals surface area contributed by atoms with Gasteiger partial charge in [0.25, 0.3) is 0 Å². The molecule has 0 saturated heterocycles. The van der Waals surface area contributed by atoms with Crippen molar-refractivity contribution in [3.8, 4) is 0 Å². The van der Waals surface area contributed by atoms with Gasteiger partial charge < -0.3 is 10.0 Å². The predicted octanol–water partition coefficient (Wildman–Crippen LogP) is 5.81. The summed E-state index contributed by atoms with van der Waals surface area (Å²) in [5.74, 6) is 0.